The van der Waals surface area contributed by atoms with Gasteiger partial charge in [0.15, 0.2) is 0 Å². The first kappa shape index (κ1) is 10.3. The van der Waals surface area contributed by atoms with E-state index in [0.29, 0.717) is 0 Å². The molecule has 86 valence electrons. The van der Waals surface area contributed by atoms with Gasteiger partial charge in [-0.15, -0.1) is 0 Å². The molecule has 1 heteroatoms. The minimum atomic E-state index is 0.839. The van der Waals surface area contributed by atoms with Gasteiger partial charge in [0.25, 0.3) is 0 Å². The Morgan fingerprint density at radius 2 is 2.00 bits per heavy atom. The van der Waals surface area contributed by atoms with Crippen LogP contribution < -0.4 is 5.32 Å². The van der Waals surface area contributed by atoms with Crippen LogP contribution in [0.15, 0.2) is 30.3 Å². The molecule has 0 radical (unpaired) electrons. The maximum atomic E-state index is 3.72. The van der Waals surface area contributed by atoms with Gasteiger partial charge in [-0.05, 0) is 43.2 Å². The SMILES string of the molecule is c1ccc(CC2CNC3CCCC2C3)cc1. The Kier molecular flexibility index (Phi) is 2.96. The molecule has 0 spiro atoms. The van der Waals surface area contributed by atoms with Crippen LogP contribution in [0, 0.1) is 11.8 Å². The van der Waals surface area contributed by atoms with E-state index < -0.39 is 0 Å². The topological polar surface area (TPSA) is 12.0 Å². The molecule has 1 saturated heterocycles. The molecule has 2 aliphatic rings. The third-order valence-electron chi connectivity index (χ3n) is 4.39. The van der Waals surface area contributed by atoms with E-state index in [-0.39, 0.29) is 0 Å². The van der Waals surface area contributed by atoms with Crippen LogP contribution in [0.1, 0.15) is 31.2 Å². The number of nitrogens with one attached hydrogen (secondary N) is 1. The van der Waals surface area contributed by atoms with E-state index in [4.69, 9.17) is 0 Å². The summed E-state index contributed by atoms with van der Waals surface area (Å²) in [6.07, 6.45) is 7.01. The Balaban J connectivity index is 1.66. The Bertz CT molecular complexity index is 333. The standard InChI is InChI=1S/C15H21N/c1-2-5-12(6-3-1)9-14-11-16-15-8-4-7-13(14)10-15/h1-3,5-6,13-16H,4,7-11H2. The molecule has 2 bridgehead atoms. The van der Waals surface area contributed by atoms with Crippen molar-refractivity contribution in [3.05, 3.63) is 35.9 Å². The zero-order chi connectivity index (χ0) is 10.8. The first-order valence-corrected chi connectivity index (χ1v) is 6.69. The fourth-order valence-corrected chi connectivity index (χ4v) is 3.48. The van der Waals surface area contributed by atoms with Gasteiger partial charge in [-0.3, -0.25) is 0 Å². The lowest BCUT2D eigenvalue weighted by atomic mass is 9.72. The maximum absolute atomic E-state index is 3.72. The second-order valence-corrected chi connectivity index (χ2v) is 5.48. The highest BCUT2D eigenvalue weighted by molar-refractivity contribution is 5.16. The van der Waals surface area contributed by atoms with Crippen molar-refractivity contribution < 1.29 is 0 Å². The molecule has 3 atom stereocenters. The predicted octanol–water partition coefficient (Wildman–Crippen LogP) is 3.01. The van der Waals surface area contributed by atoms with Crippen molar-refractivity contribution in [3.8, 4) is 0 Å². The number of piperidine rings is 1. The van der Waals surface area contributed by atoms with Gasteiger partial charge in [0, 0.05) is 6.04 Å². The normalized spacial score (nSPS) is 33.6. The average Bonchev–Trinajstić information content (AvgIpc) is 2.35. The summed E-state index contributed by atoms with van der Waals surface area (Å²) in [7, 11) is 0. The molecule has 1 aromatic rings. The molecule has 1 aliphatic carbocycles. The highest BCUT2D eigenvalue weighted by atomic mass is 14.9. The van der Waals surface area contributed by atoms with Crippen molar-refractivity contribution in [1.82, 2.24) is 5.32 Å². The monoisotopic (exact) mass is 215 g/mol. The Morgan fingerprint density at radius 3 is 2.88 bits per heavy atom. The van der Waals surface area contributed by atoms with E-state index in [1.807, 2.05) is 0 Å². The van der Waals surface area contributed by atoms with Gasteiger partial charge in [0.05, 0.1) is 0 Å². The van der Waals surface area contributed by atoms with Gasteiger partial charge < -0.3 is 5.32 Å². The summed E-state index contributed by atoms with van der Waals surface area (Å²) in [5.41, 5.74) is 1.51. The molecular weight excluding hydrogens is 194 g/mol. The Morgan fingerprint density at radius 1 is 1.12 bits per heavy atom. The summed E-state index contributed by atoms with van der Waals surface area (Å²) in [6.45, 7) is 1.24. The summed E-state index contributed by atoms with van der Waals surface area (Å²) < 4.78 is 0. The van der Waals surface area contributed by atoms with E-state index in [0.717, 1.165) is 17.9 Å². The Hall–Kier alpha value is -0.820. The largest absolute Gasteiger partial charge is 0.314 e. The molecule has 1 saturated carbocycles. The average molecular weight is 215 g/mol. The van der Waals surface area contributed by atoms with Crippen molar-refractivity contribution in [3.63, 3.8) is 0 Å². The van der Waals surface area contributed by atoms with Crippen molar-refractivity contribution in [2.24, 2.45) is 11.8 Å². The highest BCUT2D eigenvalue weighted by Crippen LogP contribution is 2.35. The fraction of sp³-hybridized carbons (Fsp3) is 0.600. The van der Waals surface area contributed by atoms with E-state index in [2.05, 4.69) is 35.6 Å². The fourth-order valence-electron chi connectivity index (χ4n) is 3.48. The zero-order valence-electron chi connectivity index (χ0n) is 9.86. The van der Waals surface area contributed by atoms with E-state index in [9.17, 15) is 0 Å². The number of hydrogen-bond acceptors (Lipinski definition) is 1. The van der Waals surface area contributed by atoms with Crippen LogP contribution in [0.3, 0.4) is 0 Å². The molecule has 1 aliphatic heterocycles. The summed E-state index contributed by atoms with van der Waals surface area (Å²) in [5, 5.41) is 3.72. The first-order chi connectivity index (χ1) is 7.92. The quantitative estimate of drug-likeness (QED) is 0.799. The van der Waals surface area contributed by atoms with Gasteiger partial charge in [0.2, 0.25) is 0 Å². The van der Waals surface area contributed by atoms with E-state index in [1.54, 1.807) is 0 Å². The zero-order valence-corrected chi connectivity index (χ0v) is 9.86. The van der Waals surface area contributed by atoms with Crippen LogP contribution in [-0.4, -0.2) is 12.6 Å². The molecule has 1 heterocycles. The van der Waals surface area contributed by atoms with Crippen LogP contribution in [0.2, 0.25) is 0 Å². The molecule has 1 N–H and O–H groups in total. The third kappa shape index (κ3) is 2.15. The molecule has 3 rings (SSSR count). The van der Waals surface area contributed by atoms with Gasteiger partial charge >= 0.3 is 0 Å². The minimum Gasteiger partial charge on any atom is -0.314 e. The Labute approximate surface area is 98.3 Å². The van der Waals surface area contributed by atoms with Gasteiger partial charge in [0.1, 0.15) is 0 Å². The minimum absolute atomic E-state index is 0.839. The number of benzene rings is 1. The molecule has 1 nitrogen and oxygen atoms in total. The number of rotatable bonds is 2. The lowest BCUT2D eigenvalue weighted by Crippen LogP contribution is -2.47. The smallest absolute Gasteiger partial charge is 0.00699 e. The van der Waals surface area contributed by atoms with Gasteiger partial charge in [-0.2, -0.15) is 0 Å². The van der Waals surface area contributed by atoms with Crippen molar-refractivity contribution in [1.29, 1.82) is 0 Å². The lowest BCUT2D eigenvalue weighted by molar-refractivity contribution is 0.151. The van der Waals surface area contributed by atoms with Gasteiger partial charge in [-0.25, -0.2) is 0 Å². The number of hydrogen-bond donors (Lipinski definition) is 1. The van der Waals surface area contributed by atoms with Crippen LogP contribution in [0.25, 0.3) is 0 Å². The van der Waals surface area contributed by atoms with Crippen molar-refractivity contribution in [2.75, 3.05) is 6.54 Å². The lowest BCUT2D eigenvalue weighted by Gasteiger charge is -2.41. The summed E-state index contributed by atoms with van der Waals surface area (Å²) in [6, 6.07) is 11.8. The first-order valence-electron chi connectivity index (χ1n) is 6.69. The maximum Gasteiger partial charge on any atom is 0.00699 e. The molecule has 0 amide bonds. The third-order valence-corrected chi connectivity index (χ3v) is 4.39. The van der Waals surface area contributed by atoms with Crippen LogP contribution in [0.4, 0.5) is 0 Å². The van der Waals surface area contributed by atoms with E-state index >= 15 is 0 Å². The van der Waals surface area contributed by atoms with E-state index in [1.165, 1.54) is 44.2 Å². The predicted molar refractivity (Wildman–Crippen MR) is 67.4 cm³/mol. The summed E-state index contributed by atoms with van der Waals surface area (Å²) in [4.78, 5) is 0. The van der Waals surface area contributed by atoms with Crippen LogP contribution in [0.5, 0.6) is 0 Å². The summed E-state index contributed by atoms with van der Waals surface area (Å²) >= 11 is 0. The van der Waals surface area contributed by atoms with Gasteiger partial charge in [-0.1, -0.05) is 43.2 Å². The van der Waals surface area contributed by atoms with Crippen LogP contribution >= 0.6 is 0 Å². The molecule has 16 heavy (non-hydrogen) atoms. The molecule has 2 fully saturated rings. The molecule has 3 unspecified atom stereocenters. The van der Waals surface area contributed by atoms with Crippen molar-refractivity contribution >= 4 is 0 Å². The van der Waals surface area contributed by atoms with Crippen molar-refractivity contribution in [2.45, 2.75) is 38.1 Å². The highest BCUT2D eigenvalue weighted by Gasteiger charge is 2.32. The molecule has 1 aromatic carbocycles. The second kappa shape index (κ2) is 4.58. The molecular formula is C15H21N. The molecule has 0 aromatic heterocycles. The van der Waals surface area contributed by atoms with Crippen LogP contribution in [-0.2, 0) is 6.42 Å². The summed E-state index contributed by atoms with van der Waals surface area (Å²) in [5.74, 6) is 1.86. The second-order valence-electron chi connectivity index (χ2n) is 5.48. The number of fused-ring (bicyclic) bond motifs is 2.